The van der Waals surface area contributed by atoms with Gasteiger partial charge in [-0.15, -0.1) is 11.3 Å². The van der Waals surface area contributed by atoms with Gasteiger partial charge in [-0.2, -0.15) is 0 Å². The molecular weight excluding hydrogens is 256 g/mol. The summed E-state index contributed by atoms with van der Waals surface area (Å²) < 4.78 is 6.37. The van der Waals surface area contributed by atoms with Crippen molar-refractivity contribution in [3.63, 3.8) is 0 Å². The Morgan fingerprint density at radius 3 is 2.84 bits per heavy atom. The highest BCUT2D eigenvalue weighted by atomic mass is 32.1. The highest BCUT2D eigenvalue weighted by Crippen LogP contribution is 2.33. The summed E-state index contributed by atoms with van der Waals surface area (Å²) in [7, 11) is 1.67. The van der Waals surface area contributed by atoms with Crippen LogP contribution in [0.3, 0.4) is 0 Å². The van der Waals surface area contributed by atoms with Crippen LogP contribution in [-0.2, 0) is 6.54 Å². The van der Waals surface area contributed by atoms with Crippen molar-refractivity contribution in [2.45, 2.75) is 6.54 Å². The van der Waals surface area contributed by atoms with Gasteiger partial charge in [0, 0.05) is 12.1 Å². The fourth-order valence-electron chi connectivity index (χ4n) is 2.05. The van der Waals surface area contributed by atoms with E-state index in [0.717, 1.165) is 32.1 Å². The van der Waals surface area contributed by atoms with Gasteiger partial charge in [0.05, 0.1) is 17.3 Å². The van der Waals surface area contributed by atoms with Crippen LogP contribution in [-0.4, -0.2) is 12.1 Å². The van der Waals surface area contributed by atoms with Crippen molar-refractivity contribution in [3.05, 3.63) is 48.0 Å². The number of nitrogens with zero attached hydrogens (tertiary/aromatic N) is 1. The van der Waals surface area contributed by atoms with Crippen LogP contribution >= 0.6 is 11.3 Å². The monoisotopic (exact) mass is 270 g/mol. The molecule has 0 saturated heterocycles. The predicted octanol–water partition coefficient (Wildman–Crippen LogP) is 3.43. The molecule has 1 aromatic heterocycles. The van der Waals surface area contributed by atoms with Crippen LogP contribution in [0.5, 0.6) is 5.75 Å². The number of nitrogens with two attached hydrogens (primary N) is 1. The maximum atomic E-state index is 5.78. The van der Waals surface area contributed by atoms with Crippen molar-refractivity contribution in [2.75, 3.05) is 7.11 Å². The Balaban J connectivity index is 2.15. The number of hydrogen-bond acceptors (Lipinski definition) is 4. The van der Waals surface area contributed by atoms with Gasteiger partial charge >= 0.3 is 0 Å². The molecule has 3 rings (SSSR count). The summed E-state index contributed by atoms with van der Waals surface area (Å²) in [4.78, 5) is 4.67. The molecule has 3 aromatic rings. The molecule has 2 N–H and O–H groups in total. The number of thiazole rings is 1. The quantitative estimate of drug-likeness (QED) is 0.793. The first kappa shape index (κ1) is 12.1. The molecule has 0 aliphatic rings. The summed E-state index contributed by atoms with van der Waals surface area (Å²) in [6.07, 6.45) is 0. The van der Waals surface area contributed by atoms with Gasteiger partial charge in [-0.05, 0) is 23.8 Å². The lowest BCUT2D eigenvalue weighted by Gasteiger charge is -2.02. The molecule has 0 fully saturated rings. The summed E-state index contributed by atoms with van der Waals surface area (Å²) in [6.45, 7) is 0.523. The SMILES string of the molecule is COc1ccc2nc(-c3ccccc3CN)sc2c1. The number of fused-ring (bicyclic) bond motifs is 1. The van der Waals surface area contributed by atoms with Crippen molar-refractivity contribution in [1.82, 2.24) is 4.98 Å². The molecule has 3 nitrogen and oxygen atoms in total. The van der Waals surface area contributed by atoms with Gasteiger partial charge in [-0.1, -0.05) is 24.3 Å². The molecule has 4 heteroatoms. The van der Waals surface area contributed by atoms with Gasteiger partial charge in [0.25, 0.3) is 0 Å². The zero-order valence-corrected chi connectivity index (χ0v) is 11.4. The Bertz CT molecular complexity index is 721. The number of methoxy groups -OCH3 is 1. The van der Waals surface area contributed by atoms with E-state index in [1.807, 2.05) is 36.4 Å². The van der Waals surface area contributed by atoms with Gasteiger partial charge in [-0.25, -0.2) is 4.98 Å². The third kappa shape index (κ3) is 2.20. The molecular formula is C15H14N2OS. The largest absolute Gasteiger partial charge is 0.497 e. The van der Waals surface area contributed by atoms with E-state index in [9.17, 15) is 0 Å². The number of benzene rings is 2. The van der Waals surface area contributed by atoms with E-state index < -0.39 is 0 Å². The first-order valence-corrected chi connectivity index (χ1v) is 6.86. The molecule has 1 heterocycles. The summed E-state index contributed by atoms with van der Waals surface area (Å²) in [6, 6.07) is 14.1. The molecule has 0 radical (unpaired) electrons. The fourth-order valence-corrected chi connectivity index (χ4v) is 3.11. The van der Waals surface area contributed by atoms with E-state index in [1.165, 1.54) is 0 Å². The second kappa shape index (κ2) is 4.99. The summed E-state index contributed by atoms with van der Waals surface area (Å²) >= 11 is 1.66. The normalized spacial score (nSPS) is 10.8. The van der Waals surface area contributed by atoms with Gasteiger partial charge in [0.15, 0.2) is 0 Å². The summed E-state index contributed by atoms with van der Waals surface area (Å²) in [5.74, 6) is 0.856. The number of aromatic nitrogens is 1. The summed E-state index contributed by atoms with van der Waals surface area (Å²) in [5, 5.41) is 1.00. The molecule has 0 amide bonds. The minimum Gasteiger partial charge on any atom is -0.497 e. The van der Waals surface area contributed by atoms with E-state index in [-0.39, 0.29) is 0 Å². The second-order valence-electron chi connectivity index (χ2n) is 4.21. The summed E-state index contributed by atoms with van der Waals surface area (Å²) in [5.41, 5.74) is 9.01. The Morgan fingerprint density at radius 2 is 2.05 bits per heavy atom. The van der Waals surface area contributed by atoms with Crippen molar-refractivity contribution < 1.29 is 4.74 Å². The number of rotatable bonds is 3. The van der Waals surface area contributed by atoms with Crippen LogP contribution in [0.15, 0.2) is 42.5 Å². The lowest BCUT2D eigenvalue weighted by atomic mass is 10.1. The fraction of sp³-hybridized carbons (Fsp3) is 0.133. The first-order valence-electron chi connectivity index (χ1n) is 6.05. The van der Waals surface area contributed by atoms with E-state index >= 15 is 0 Å². The zero-order valence-electron chi connectivity index (χ0n) is 10.6. The van der Waals surface area contributed by atoms with Crippen LogP contribution < -0.4 is 10.5 Å². The minimum absolute atomic E-state index is 0.523. The molecule has 0 unspecified atom stereocenters. The molecule has 96 valence electrons. The molecule has 0 bridgehead atoms. The van der Waals surface area contributed by atoms with Crippen LogP contribution in [0.2, 0.25) is 0 Å². The first-order chi connectivity index (χ1) is 9.31. The van der Waals surface area contributed by atoms with Crippen LogP contribution in [0.1, 0.15) is 5.56 Å². The average molecular weight is 270 g/mol. The molecule has 2 aromatic carbocycles. The van der Waals surface area contributed by atoms with Crippen LogP contribution in [0.25, 0.3) is 20.8 Å². The average Bonchev–Trinajstić information content (AvgIpc) is 2.89. The Kier molecular flexibility index (Phi) is 3.19. The maximum Gasteiger partial charge on any atom is 0.124 e. The molecule has 0 saturated carbocycles. The Labute approximate surface area is 115 Å². The third-order valence-electron chi connectivity index (χ3n) is 3.06. The third-order valence-corrected chi connectivity index (χ3v) is 4.11. The van der Waals surface area contributed by atoms with Gasteiger partial charge < -0.3 is 10.5 Å². The van der Waals surface area contributed by atoms with E-state index in [2.05, 4.69) is 11.1 Å². The molecule has 19 heavy (non-hydrogen) atoms. The lowest BCUT2D eigenvalue weighted by molar-refractivity contribution is 0.415. The van der Waals surface area contributed by atoms with E-state index in [4.69, 9.17) is 10.5 Å². The standard InChI is InChI=1S/C15H14N2OS/c1-18-11-6-7-13-14(8-11)19-15(17-13)12-5-3-2-4-10(12)9-16/h2-8H,9,16H2,1H3. The number of hydrogen-bond donors (Lipinski definition) is 1. The van der Waals surface area contributed by atoms with Crippen LogP contribution in [0, 0.1) is 0 Å². The molecule has 0 spiro atoms. The minimum atomic E-state index is 0.523. The van der Waals surface area contributed by atoms with Crippen molar-refractivity contribution >= 4 is 21.6 Å². The highest BCUT2D eigenvalue weighted by Gasteiger charge is 2.09. The highest BCUT2D eigenvalue weighted by molar-refractivity contribution is 7.21. The van der Waals surface area contributed by atoms with E-state index in [1.54, 1.807) is 18.4 Å². The molecule has 0 aliphatic heterocycles. The van der Waals surface area contributed by atoms with Crippen LogP contribution in [0.4, 0.5) is 0 Å². The maximum absolute atomic E-state index is 5.78. The predicted molar refractivity (Wildman–Crippen MR) is 79.5 cm³/mol. The zero-order chi connectivity index (χ0) is 13.2. The smallest absolute Gasteiger partial charge is 0.124 e. The van der Waals surface area contributed by atoms with Gasteiger partial charge in [-0.3, -0.25) is 0 Å². The second-order valence-corrected chi connectivity index (χ2v) is 5.24. The Hall–Kier alpha value is -1.91. The molecule has 0 aliphatic carbocycles. The van der Waals surface area contributed by atoms with Crippen molar-refractivity contribution in [1.29, 1.82) is 0 Å². The topological polar surface area (TPSA) is 48.1 Å². The van der Waals surface area contributed by atoms with Gasteiger partial charge in [0.1, 0.15) is 10.8 Å². The molecule has 0 atom stereocenters. The van der Waals surface area contributed by atoms with Crippen molar-refractivity contribution in [3.8, 4) is 16.3 Å². The Morgan fingerprint density at radius 1 is 1.21 bits per heavy atom. The van der Waals surface area contributed by atoms with Gasteiger partial charge in [0.2, 0.25) is 0 Å². The van der Waals surface area contributed by atoms with Crippen molar-refractivity contribution in [2.24, 2.45) is 5.73 Å². The van der Waals surface area contributed by atoms with E-state index in [0.29, 0.717) is 6.54 Å². The number of ether oxygens (including phenoxy) is 1. The lowest BCUT2D eigenvalue weighted by Crippen LogP contribution is -1.98.